The molecule has 0 radical (unpaired) electrons. The second kappa shape index (κ2) is 5.59. The molecule has 4 nitrogen and oxygen atoms in total. The number of aliphatic hydroxyl groups is 1. The van der Waals surface area contributed by atoms with E-state index in [1.54, 1.807) is 23.1 Å². The van der Waals surface area contributed by atoms with Crippen LogP contribution in [0.1, 0.15) is 23.2 Å². The first-order valence-corrected chi connectivity index (χ1v) is 6.45. The molecule has 1 unspecified atom stereocenters. The van der Waals surface area contributed by atoms with Gasteiger partial charge in [0.1, 0.15) is 0 Å². The van der Waals surface area contributed by atoms with E-state index in [0.717, 1.165) is 12.8 Å². The molecule has 3 N–H and O–H groups in total. The minimum absolute atomic E-state index is 0.112. The average Bonchev–Trinajstić information content (AvgIpc) is 2.78. The number of halogens is 1. The third-order valence-electron chi connectivity index (χ3n) is 3.37. The number of carbonyl (C=O) groups excluding carboxylic acids is 1. The average molecular weight is 269 g/mol. The van der Waals surface area contributed by atoms with E-state index in [4.69, 9.17) is 22.4 Å². The van der Waals surface area contributed by atoms with Gasteiger partial charge in [-0.3, -0.25) is 4.79 Å². The van der Waals surface area contributed by atoms with Crippen LogP contribution in [0.4, 0.5) is 5.69 Å². The van der Waals surface area contributed by atoms with E-state index in [-0.39, 0.29) is 12.5 Å². The molecule has 0 aromatic heterocycles. The highest BCUT2D eigenvalue weighted by Gasteiger charge is 2.28. The Morgan fingerprint density at radius 3 is 3.00 bits per heavy atom. The Morgan fingerprint density at radius 2 is 2.33 bits per heavy atom. The van der Waals surface area contributed by atoms with Crippen molar-refractivity contribution in [2.75, 3.05) is 25.4 Å². The predicted octanol–water partition coefficient (Wildman–Crippen LogP) is 1.77. The Bertz CT molecular complexity index is 430. The SMILES string of the molecule is Nc1cccc(Cl)c1C(=O)N1CCC(CCO)C1. The summed E-state index contributed by atoms with van der Waals surface area (Å²) in [6.07, 6.45) is 1.67. The summed E-state index contributed by atoms with van der Waals surface area (Å²) in [4.78, 5) is 14.1. The fraction of sp³-hybridized carbons (Fsp3) is 0.462. The summed E-state index contributed by atoms with van der Waals surface area (Å²) in [5, 5.41) is 9.31. The summed E-state index contributed by atoms with van der Waals surface area (Å²) in [6.45, 7) is 1.54. The summed E-state index contributed by atoms with van der Waals surface area (Å²) in [6, 6.07) is 5.08. The van der Waals surface area contributed by atoms with Gasteiger partial charge < -0.3 is 15.7 Å². The second-order valence-electron chi connectivity index (χ2n) is 4.62. The van der Waals surface area contributed by atoms with Crippen molar-refractivity contribution in [1.29, 1.82) is 0 Å². The number of likely N-dealkylation sites (tertiary alicyclic amines) is 1. The highest BCUT2D eigenvalue weighted by molar-refractivity contribution is 6.34. The Morgan fingerprint density at radius 1 is 1.56 bits per heavy atom. The van der Waals surface area contributed by atoms with Crippen LogP contribution in [0.15, 0.2) is 18.2 Å². The monoisotopic (exact) mass is 268 g/mol. The maximum Gasteiger partial charge on any atom is 0.257 e. The number of aliphatic hydroxyl groups excluding tert-OH is 1. The van der Waals surface area contributed by atoms with Crippen molar-refractivity contribution in [1.82, 2.24) is 4.90 Å². The first kappa shape index (κ1) is 13.2. The van der Waals surface area contributed by atoms with Crippen molar-refractivity contribution < 1.29 is 9.90 Å². The minimum Gasteiger partial charge on any atom is -0.398 e. The van der Waals surface area contributed by atoms with Crippen LogP contribution in [0.3, 0.4) is 0 Å². The molecule has 1 aromatic carbocycles. The van der Waals surface area contributed by atoms with Gasteiger partial charge in [0.25, 0.3) is 5.91 Å². The number of anilines is 1. The maximum absolute atomic E-state index is 12.3. The number of hydrogen-bond donors (Lipinski definition) is 2. The van der Waals surface area contributed by atoms with E-state index in [2.05, 4.69) is 0 Å². The molecular formula is C13H17ClN2O2. The second-order valence-corrected chi connectivity index (χ2v) is 5.03. The van der Waals surface area contributed by atoms with Gasteiger partial charge in [-0.05, 0) is 30.9 Å². The van der Waals surface area contributed by atoms with E-state index in [1.807, 2.05) is 0 Å². The maximum atomic E-state index is 12.3. The summed E-state index contributed by atoms with van der Waals surface area (Å²) in [5.41, 5.74) is 6.62. The van der Waals surface area contributed by atoms with Crippen LogP contribution >= 0.6 is 11.6 Å². The van der Waals surface area contributed by atoms with Crippen molar-refractivity contribution in [3.63, 3.8) is 0 Å². The number of carbonyl (C=O) groups is 1. The van der Waals surface area contributed by atoms with Gasteiger partial charge in [-0.2, -0.15) is 0 Å². The van der Waals surface area contributed by atoms with Crippen molar-refractivity contribution in [2.24, 2.45) is 5.92 Å². The Balaban J connectivity index is 2.13. The molecule has 2 rings (SSSR count). The summed E-state index contributed by atoms with van der Waals surface area (Å²) < 4.78 is 0. The molecule has 1 saturated heterocycles. The zero-order chi connectivity index (χ0) is 13.1. The Hall–Kier alpha value is -1.26. The fourth-order valence-corrected chi connectivity index (χ4v) is 2.62. The van der Waals surface area contributed by atoms with Crippen molar-refractivity contribution in [2.45, 2.75) is 12.8 Å². The van der Waals surface area contributed by atoms with Gasteiger partial charge in [0.05, 0.1) is 10.6 Å². The number of nitrogen functional groups attached to an aromatic ring is 1. The van der Waals surface area contributed by atoms with Crippen LogP contribution in [-0.4, -0.2) is 35.6 Å². The van der Waals surface area contributed by atoms with Crippen molar-refractivity contribution >= 4 is 23.2 Å². The van der Waals surface area contributed by atoms with Crippen LogP contribution in [0.5, 0.6) is 0 Å². The molecule has 1 amide bonds. The first-order chi connectivity index (χ1) is 8.63. The summed E-state index contributed by atoms with van der Waals surface area (Å²) in [7, 11) is 0. The van der Waals surface area contributed by atoms with E-state index in [9.17, 15) is 4.79 Å². The zero-order valence-electron chi connectivity index (χ0n) is 10.1. The van der Waals surface area contributed by atoms with Gasteiger partial charge in [-0.15, -0.1) is 0 Å². The van der Waals surface area contributed by atoms with Gasteiger partial charge in [0, 0.05) is 25.4 Å². The molecule has 1 aliphatic heterocycles. The lowest BCUT2D eigenvalue weighted by Crippen LogP contribution is -2.29. The highest BCUT2D eigenvalue weighted by Crippen LogP contribution is 2.27. The first-order valence-electron chi connectivity index (χ1n) is 6.07. The number of rotatable bonds is 3. The van der Waals surface area contributed by atoms with Gasteiger partial charge in [-0.1, -0.05) is 17.7 Å². The molecule has 0 saturated carbocycles. The number of benzene rings is 1. The zero-order valence-corrected chi connectivity index (χ0v) is 10.9. The fourth-order valence-electron chi connectivity index (χ4n) is 2.36. The van der Waals surface area contributed by atoms with Crippen molar-refractivity contribution in [3.05, 3.63) is 28.8 Å². The minimum atomic E-state index is -0.112. The lowest BCUT2D eigenvalue weighted by Gasteiger charge is -2.18. The van der Waals surface area contributed by atoms with Gasteiger partial charge in [-0.25, -0.2) is 0 Å². The molecule has 18 heavy (non-hydrogen) atoms. The normalized spacial score (nSPS) is 19.2. The molecule has 1 aliphatic rings. The lowest BCUT2D eigenvalue weighted by molar-refractivity contribution is 0.0786. The van der Waals surface area contributed by atoms with E-state index in [0.29, 0.717) is 35.3 Å². The quantitative estimate of drug-likeness (QED) is 0.821. The molecule has 0 bridgehead atoms. The molecule has 1 fully saturated rings. The number of hydrogen-bond acceptors (Lipinski definition) is 3. The standard InChI is InChI=1S/C13H17ClN2O2/c14-10-2-1-3-11(15)12(10)13(18)16-6-4-9(8-16)5-7-17/h1-3,9,17H,4-8,15H2. The number of nitrogens with zero attached hydrogens (tertiary/aromatic N) is 1. The molecule has 98 valence electrons. The van der Waals surface area contributed by atoms with Gasteiger partial charge in [0.2, 0.25) is 0 Å². The lowest BCUT2D eigenvalue weighted by atomic mass is 10.1. The topological polar surface area (TPSA) is 66.6 Å². The molecule has 5 heteroatoms. The van der Waals surface area contributed by atoms with Crippen LogP contribution in [0.25, 0.3) is 0 Å². The predicted molar refractivity (Wildman–Crippen MR) is 71.6 cm³/mol. The third kappa shape index (κ3) is 2.60. The van der Waals surface area contributed by atoms with Crippen LogP contribution in [0, 0.1) is 5.92 Å². The summed E-state index contributed by atoms with van der Waals surface area (Å²) in [5.74, 6) is 0.265. The number of nitrogens with two attached hydrogens (primary N) is 1. The molecular weight excluding hydrogens is 252 g/mol. The molecule has 0 spiro atoms. The molecule has 1 atom stereocenters. The Labute approximate surface area is 111 Å². The van der Waals surface area contributed by atoms with Crippen LogP contribution in [-0.2, 0) is 0 Å². The smallest absolute Gasteiger partial charge is 0.257 e. The Kier molecular flexibility index (Phi) is 4.09. The summed E-state index contributed by atoms with van der Waals surface area (Å²) >= 11 is 6.03. The van der Waals surface area contributed by atoms with Crippen LogP contribution < -0.4 is 5.73 Å². The van der Waals surface area contributed by atoms with Crippen LogP contribution in [0.2, 0.25) is 5.02 Å². The van der Waals surface area contributed by atoms with E-state index >= 15 is 0 Å². The van der Waals surface area contributed by atoms with E-state index in [1.165, 1.54) is 0 Å². The molecule has 0 aliphatic carbocycles. The van der Waals surface area contributed by atoms with Gasteiger partial charge >= 0.3 is 0 Å². The van der Waals surface area contributed by atoms with Crippen molar-refractivity contribution in [3.8, 4) is 0 Å². The van der Waals surface area contributed by atoms with Gasteiger partial charge in [0.15, 0.2) is 0 Å². The number of amides is 1. The largest absolute Gasteiger partial charge is 0.398 e. The van der Waals surface area contributed by atoms with E-state index < -0.39 is 0 Å². The third-order valence-corrected chi connectivity index (χ3v) is 3.69. The molecule has 1 heterocycles. The highest BCUT2D eigenvalue weighted by atomic mass is 35.5. The molecule has 1 aromatic rings.